The molecule has 1 aliphatic heterocycles. The molecule has 1 heterocycles. The standard InChI is InChI=1S/C10H20N2O2/c1-3-8-14-9-4-6-12(7-5-9)10(13)11-2/h9H,3-8H2,1-2H3,(H,11,13). The molecule has 1 aliphatic rings. The van der Waals surface area contributed by atoms with E-state index < -0.39 is 0 Å². The molecule has 2 amide bonds. The van der Waals surface area contributed by atoms with E-state index in [-0.39, 0.29) is 6.03 Å². The van der Waals surface area contributed by atoms with E-state index in [1.165, 1.54) is 0 Å². The van der Waals surface area contributed by atoms with Gasteiger partial charge in [0.15, 0.2) is 0 Å². The summed E-state index contributed by atoms with van der Waals surface area (Å²) < 4.78 is 5.64. The van der Waals surface area contributed by atoms with E-state index in [1.807, 2.05) is 4.90 Å². The van der Waals surface area contributed by atoms with Crippen molar-refractivity contribution >= 4 is 6.03 Å². The third-order valence-electron chi connectivity index (χ3n) is 2.50. The van der Waals surface area contributed by atoms with Gasteiger partial charge in [-0.1, -0.05) is 6.92 Å². The zero-order valence-electron chi connectivity index (χ0n) is 9.08. The van der Waals surface area contributed by atoms with Crippen molar-refractivity contribution in [1.29, 1.82) is 0 Å². The van der Waals surface area contributed by atoms with Crippen LogP contribution in [0.3, 0.4) is 0 Å². The Labute approximate surface area is 85.6 Å². The van der Waals surface area contributed by atoms with Gasteiger partial charge in [-0.3, -0.25) is 0 Å². The fraction of sp³-hybridized carbons (Fsp3) is 0.900. The van der Waals surface area contributed by atoms with E-state index in [9.17, 15) is 4.79 Å². The second-order valence-corrected chi connectivity index (χ2v) is 3.61. The van der Waals surface area contributed by atoms with Crippen molar-refractivity contribution in [1.82, 2.24) is 10.2 Å². The maximum absolute atomic E-state index is 11.3. The molecule has 0 aromatic carbocycles. The van der Waals surface area contributed by atoms with Crippen LogP contribution in [0.4, 0.5) is 4.79 Å². The Morgan fingerprint density at radius 1 is 1.50 bits per heavy atom. The van der Waals surface area contributed by atoms with Crippen LogP contribution in [0.25, 0.3) is 0 Å². The average molecular weight is 200 g/mol. The largest absolute Gasteiger partial charge is 0.378 e. The fourth-order valence-electron chi connectivity index (χ4n) is 1.67. The third kappa shape index (κ3) is 3.18. The van der Waals surface area contributed by atoms with Crippen LogP contribution in [-0.4, -0.2) is 43.8 Å². The molecular weight excluding hydrogens is 180 g/mol. The Balaban J connectivity index is 2.20. The summed E-state index contributed by atoms with van der Waals surface area (Å²) in [4.78, 5) is 13.1. The summed E-state index contributed by atoms with van der Waals surface area (Å²) in [6.07, 6.45) is 3.35. The molecular formula is C10H20N2O2. The zero-order valence-corrected chi connectivity index (χ0v) is 9.08. The minimum absolute atomic E-state index is 0.0268. The van der Waals surface area contributed by atoms with E-state index in [0.29, 0.717) is 6.10 Å². The monoisotopic (exact) mass is 200 g/mol. The Morgan fingerprint density at radius 2 is 2.14 bits per heavy atom. The lowest BCUT2D eigenvalue weighted by Crippen LogP contribution is -2.44. The van der Waals surface area contributed by atoms with Gasteiger partial charge in [0.05, 0.1) is 6.10 Å². The van der Waals surface area contributed by atoms with Crippen LogP contribution in [0.15, 0.2) is 0 Å². The Morgan fingerprint density at radius 3 is 2.64 bits per heavy atom. The first kappa shape index (κ1) is 11.3. The molecule has 1 N–H and O–H groups in total. The van der Waals surface area contributed by atoms with Gasteiger partial charge in [-0.2, -0.15) is 0 Å². The maximum Gasteiger partial charge on any atom is 0.317 e. The smallest absolute Gasteiger partial charge is 0.317 e. The van der Waals surface area contributed by atoms with E-state index in [1.54, 1.807) is 7.05 Å². The highest BCUT2D eigenvalue weighted by molar-refractivity contribution is 5.73. The lowest BCUT2D eigenvalue weighted by molar-refractivity contribution is 0.0154. The first-order valence-electron chi connectivity index (χ1n) is 5.36. The predicted molar refractivity (Wildman–Crippen MR) is 55.3 cm³/mol. The number of hydrogen-bond donors (Lipinski definition) is 1. The van der Waals surface area contributed by atoms with Crippen LogP contribution >= 0.6 is 0 Å². The minimum Gasteiger partial charge on any atom is -0.378 e. The molecule has 0 atom stereocenters. The number of carbonyl (C=O) groups excluding carboxylic acids is 1. The molecule has 0 spiro atoms. The minimum atomic E-state index is 0.0268. The summed E-state index contributed by atoms with van der Waals surface area (Å²) in [6, 6.07) is 0.0268. The molecule has 0 radical (unpaired) electrons. The molecule has 1 fully saturated rings. The number of piperidine rings is 1. The molecule has 0 unspecified atom stereocenters. The van der Waals surface area contributed by atoms with Crippen LogP contribution < -0.4 is 5.32 Å². The van der Waals surface area contributed by atoms with Crippen molar-refractivity contribution in [2.75, 3.05) is 26.7 Å². The van der Waals surface area contributed by atoms with E-state index in [0.717, 1.165) is 39.0 Å². The van der Waals surface area contributed by atoms with Crippen LogP contribution in [0.1, 0.15) is 26.2 Å². The number of likely N-dealkylation sites (tertiary alicyclic amines) is 1. The molecule has 1 rings (SSSR count). The van der Waals surface area contributed by atoms with Gasteiger partial charge in [-0.05, 0) is 19.3 Å². The molecule has 0 aliphatic carbocycles. The van der Waals surface area contributed by atoms with Crippen molar-refractivity contribution in [2.45, 2.75) is 32.3 Å². The van der Waals surface area contributed by atoms with Gasteiger partial charge >= 0.3 is 6.03 Å². The highest BCUT2D eigenvalue weighted by Crippen LogP contribution is 2.13. The number of nitrogens with zero attached hydrogens (tertiary/aromatic N) is 1. The molecule has 4 heteroatoms. The Hall–Kier alpha value is -0.770. The summed E-state index contributed by atoms with van der Waals surface area (Å²) >= 11 is 0. The molecule has 0 bridgehead atoms. The van der Waals surface area contributed by atoms with Gasteiger partial charge in [-0.25, -0.2) is 4.79 Å². The molecule has 0 saturated carbocycles. The molecule has 0 aromatic heterocycles. The maximum atomic E-state index is 11.3. The van der Waals surface area contributed by atoms with Gasteiger partial charge in [0, 0.05) is 26.7 Å². The van der Waals surface area contributed by atoms with E-state index in [4.69, 9.17) is 4.74 Å². The fourth-order valence-corrected chi connectivity index (χ4v) is 1.67. The van der Waals surface area contributed by atoms with E-state index >= 15 is 0 Å². The molecule has 1 saturated heterocycles. The van der Waals surface area contributed by atoms with Crippen LogP contribution in [0.5, 0.6) is 0 Å². The summed E-state index contributed by atoms with van der Waals surface area (Å²) in [5, 5.41) is 2.64. The number of carbonyl (C=O) groups is 1. The third-order valence-corrected chi connectivity index (χ3v) is 2.50. The van der Waals surface area contributed by atoms with Gasteiger partial charge in [0.1, 0.15) is 0 Å². The topological polar surface area (TPSA) is 41.6 Å². The SMILES string of the molecule is CCCOC1CCN(C(=O)NC)CC1. The molecule has 0 aromatic rings. The normalized spacial score (nSPS) is 18.3. The van der Waals surface area contributed by atoms with Gasteiger partial charge in [0.25, 0.3) is 0 Å². The second-order valence-electron chi connectivity index (χ2n) is 3.61. The zero-order chi connectivity index (χ0) is 10.4. The quantitative estimate of drug-likeness (QED) is 0.744. The van der Waals surface area contributed by atoms with Crippen molar-refractivity contribution in [2.24, 2.45) is 0 Å². The van der Waals surface area contributed by atoms with Crippen LogP contribution in [-0.2, 0) is 4.74 Å². The highest BCUT2D eigenvalue weighted by atomic mass is 16.5. The molecule has 14 heavy (non-hydrogen) atoms. The van der Waals surface area contributed by atoms with Gasteiger partial charge in [0.2, 0.25) is 0 Å². The Bertz CT molecular complexity index is 177. The number of ether oxygens (including phenoxy) is 1. The van der Waals surface area contributed by atoms with Gasteiger partial charge in [-0.15, -0.1) is 0 Å². The highest BCUT2D eigenvalue weighted by Gasteiger charge is 2.21. The summed E-state index contributed by atoms with van der Waals surface area (Å²) in [5.41, 5.74) is 0. The van der Waals surface area contributed by atoms with E-state index in [2.05, 4.69) is 12.2 Å². The van der Waals surface area contributed by atoms with Crippen molar-refractivity contribution < 1.29 is 9.53 Å². The van der Waals surface area contributed by atoms with Crippen LogP contribution in [0.2, 0.25) is 0 Å². The number of rotatable bonds is 3. The number of hydrogen-bond acceptors (Lipinski definition) is 2. The molecule has 82 valence electrons. The second kappa shape index (κ2) is 5.86. The summed E-state index contributed by atoms with van der Waals surface area (Å²) in [6.45, 7) is 4.58. The van der Waals surface area contributed by atoms with Crippen molar-refractivity contribution in [3.8, 4) is 0 Å². The predicted octanol–water partition coefficient (Wildman–Crippen LogP) is 1.22. The lowest BCUT2D eigenvalue weighted by Gasteiger charge is -2.31. The average Bonchev–Trinajstić information content (AvgIpc) is 2.26. The Kier molecular flexibility index (Phi) is 4.73. The summed E-state index contributed by atoms with van der Waals surface area (Å²) in [5.74, 6) is 0. The lowest BCUT2D eigenvalue weighted by atomic mass is 10.1. The van der Waals surface area contributed by atoms with Gasteiger partial charge < -0.3 is 15.0 Å². The van der Waals surface area contributed by atoms with Crippen molar-refractivity contribution in [3.05, 3.63) is 0 Å². The summed E-state index contributed by atoms with van der Waals surface area (Å²) in [7, 11) is 1.67. The first-order valence-corrected chi connectivity index (χ1v) is 5.36. The number of urea groups is 1. The van der Waals surface area contributed by atoms with Crippen molar-refractivity contribution in [3.63, 3.8) is 0 Å². The number of nitrogens with one attached hydrogen (secondary N) is 1. The molecule has 4 nitrogen and oxygen atoms in total. The first-order chi connectivity index (χ1) is 6.77. The number of amides is 2. The van der Waals surface area contributed by atoms with Crippen LogP contribution in [0, 0.1) is 0 Å².